The van der Waals surface area contributed by atoms with E-state index in [-0.39, 0.29) is 12.4 Å². The van der Waals surface area contributed by atoms with Crippen LogP contribution in [0.5, 0.6) is 0 Å². The zero-order valence-corrected chi connectivity index (χ0v) is 8.25. The van der Waals surface area contributed by atoms with Crippen LogP contribution < -0.4 is 16.4 Å². The van der Waals surface area contributed by atoms with Crippen LogP contribution in [-0.2, 0) is 9.59 Å². The number of carbonyl (C=O) groups is 2. The van der Waals surface area contributed by atoms with Gasteiger partial charge in [-0.2, -0.15) is 0 Å². The molecule has 1 amide bonds. The summed E-state index contributed by atoms with van der Waals surface area (Å²) >= 11 is 0. The molecular formula is C8H16N4O3. The summed E-state index contributed by atoms with van der Waals surface area (Å²) in [5.74, 6) is -1.93. The van der Waals surface area contributed by atoms with Gasteiger partial charge in [0.1, 0.15) is 6.04 Å². The minimum Gasteiger partial charge on any atom is -0.480 e. The van der Waals surface area contributed by atoms with E-state index in [0.717, 1.165) is 0 Å². The Morgan fingerprint density at radius 2 is 2.33 bits per heavy atom. The number of nitrogens with one attached hydrogen (secondary N) is 3. The van der Waals surface area contributed by atoms with Gasteiger partial charge in [0.25, 0.3) is 0 Å². The molecule has 0 spiro atoms. The molecule has 86 valence electrons. The Hall–Kier alpha value is -1.79. The monoisotopic (exact) mass is 217 g/mol. The van der Waals surface area contributed by atoms with Crippen LogP contribution in [0.15, 0.2) is 0 Å². The number of carboxylic acid groups (broad SMARTS) is 1. The molecule has 1 atom stereocenters. The summed E-state index contributed by atoms with van der Waals surface area (Å²) in [5, 5.41) is 20.4. The molecule has 0 aromatic heterocycles. The minimum atomic E-state index is -1.13. The highest BCUT2D eigenvalue weighted by atomic mass is 16.4. The lowest BCUT2D eigenvalue weighted by molar-refractivity contribution is -0.141. The highest BCUT2D eigenvalue weighted by Gasteiger charge is 2.17. The molecule has 0 aliphatic carbocycles. The largest absolute Gasteiger partial charge is 0.480 e. The minimum absolute atomic E-state index is 0.179. The molecule has 0 bridgehead atoms. The molecule has 0 saturated heterocycles. The fraction of sp³-hybridized carbons (Fsp3) is 0.625. The summed E-state index contributed by atoms with van der Waals surface area (Å²) in [5.41, 5.74) is 5.03. The second kappa shape index (κ2) is 6.63. The van der Waals surface area contributed by atoms with Crippen LogP contribution in [0, 0.1) is 5.41 Å². The highest BCUT2D eigenvalue weighted by Crippen LogP contribution is 1.96. The van der Waals surface area contributed by atoms with Gasteiger partial charge in [-0.3, -0.25) is 10.2 Å². The molecule has 0 rings (SSSR count). The van der Waals surface area contributed by atoms with Gasteiger partial charge in [0, 0.05) is 14.8 Å². The van der Waals surface area contributed by atoms with Crippen molar-refractivity contribution in [3.05, 3.63) is 0 Å². The number of hydrogen-bond acceptors (Lipinski definition) is 3. The zero-order chi connectivity index (χ0) is 12.6. The van der Waals surface area contributed by atoms with Gasteiger partial charge >= 0.3 is 5.97 Å². The maximum Gasteiger partial charge on any atom is 0.326 e. The molecule has 0 saturated carbocycles. The van der Waals surface area contributed by atoms with E-state index >= 15 is 0 Å². The van der Waals surface area contributed by atoms with E-state index in [1.54, 1.807) is 0 Å². The highest BCUT2D eigenvalue weighted by molar-refractivity contribution is 5.82. The third-order valence-electron chi connectivity index (χ3n) is 1.62. The van der Waals surface area contributed by atoms with Gasteiger partial charge in [0.05, 0.1) is 0 Å². The number of carboxylic acids is 1. The lowest BCUT2D eigenvalue weighted by Crippen LogP contribution is -2.40. The molecule has 0 aliphatic rings. The predicted molar refractivity (Wildman–Crippen MR) is 54.4 cm³/mol. The van der Waals surface area contributed by atoms with Crippen molar-refractivity contribution in [2.45, 2.75) is 25.8 Å². The molecule has 0 aliphatic heterocycles. The van der Waals surface area contributed by atoms with Gasteiger partial charge in [-0.25, -0.2) is 4.79 Å². The van der Waals surface area contributed by atoms with Crippen LogP contribution in [-0.4, -0.2) is 35.5 Å². The zero-order valence-electron chi connectivity index (χ0n) is 9.25. The Morgan fingerprint density at radius 3 is 2.80 bits per heavy atom. The molecule has 0 aromatic rings. The van der Waals surface area contributed by atoms with E-state index in [0.29, 0.717) is 13.0 Å². The fourth-order valence-corrected chi connectivity index (χ4v) is 0.981. The number of carbonyl (C=O) groups excluding carboxylic acids is 1. The maximum atomic E-state index is 10.8. The number of hydrogen-bond donors (Lipinski definition) is 5. The Bertz CT molecular complexity index is 272. The summed E-state index contributed by atoms with van der Waals surface area (Å²) in [6, 6.07) is -0.994. The first-order valence-corrected chi connectivity index (χ1v) is 4.36. The molecular weight excluding hydrogens is 200 g/mol. The average molecular weight is 217 g/mol. The SMILES string of the molecule is [2H]CC(=O)N[C@@H](CCCNC(=N)N)C(=O)O. The Balaban J connectivity index is 3.90. The molecule has 6 N–H and O–H groups in total. The fourth-order valence-electron chi connectivity index (χ4n) is 0.981. The number of rotatable bonds is 6. The first-order chi connectivity index (χ1) is 7.47. The van der Waals surface area contributed by atoms with E-state index in [1.807, 2.05) is 0 Å². The topological polar surface area (TPSA) is 128 Å². The van der Waals surface area contributed by atoms with E-state index in [2.05, 4.69) is 10.6 Å². The lowest BCUT2D eigenvalue weighted by Gasteiger charge is -2.12. The summed E-state index contributed by atoms with van der Waals surface area (Å²) in [6.07, 6.45) is 0.677. The Morgan fingerprint density at radius 1 is 1.67 bits per heavy atom. The quantitative estimate of drug-likeness (QED) is 0.218. The number of aliphatic carboxylic acids is 1. The van der Waals surface area contributed by atoms with Crippen molar-refractivity contribution in [1.29, 1.82) is 5.41 Å². The van der Waals surface area contributed by atoms with Crippen molar-refractivity contribution in [1.82, 2.24) is 10.6 Å². The van der Waals surface area contributed by atoms with Crippen LogP contribution >= 0.6 is 0 Å². The van der Waals surface area contributed by atoms with Crippen LogP contribution in [0.25, 0.3) is 0 Å². The van der Waals surface area contributed by atoms with Gasteiger partial charge in [0.2, 0.25) is 5.91 Å². The van der Waals surface area contributed by atoms with Crippen molar-refractivity contribution >= 4 is 17.8 Å². The lowest BCUT2D eigenvalue weighted by atomic mass is 10.1. The van der Waals surface area contributed by atoms with Gasteiger partial charge in [-0.1, -0.05) is 0 Å². The van der Waals surface area contributed by atoms with E-state index in [1.165, 1.54) is 0 Å². The number of guanidine groups is 1. The Kier molecular flexibility index (Phi) is 4.99. The maximum absolute atomic E-state index is 10.8. The van der Waals surface area contributed by atoms with Crippen LogP contribution in [0.4, 0.5) is 0 Å². The molecule has 0 unspecified atom stereocenters. The van der Waals surface area contributed by atoms with Gasteiger partial charge < -0.3 is 21.5 Å². The summed E-state index contributed by atoms with van der Waals surface area (Å²) in [4.78, 5) is 21.6. The molecule has 15 heavy (non-hydrogen) atoms. The molecule has 0 heterocycles. The van der Waals surface area contributed by atoms with E-state index in [4.69, 9.17) is 17.6 Å². The van der Waals surface area contributed by atoms with E-state index in [9.17, 15) is 9.59 Å². The molecule has 7 heteroatoms. The molecule has 0 radical (unpaired) electrons. The van der Waals surface area contributed by atoms with Gasteiger partial charge in [-0.05, 0) is 12.8 Å². The smallest absolute Gasteiger partial charge is 0.326 e. The van der Waals surface area contributed by atoms with Crippen molar-refractivity contribution in [3.63, 3.8) is 0 Å². The summed E-state index contributed by atoms with van der Waals surface area (Å²) in [6.45, 7) is -0.120. The normalized spacial score (nSPS) is 12.4. The first-order valence-electron chi connectivity index (χ1n) is 5.07. The third-order valence-corrected chi connectivity index (χ3v) is 1.62. The van der Waals surface area contributed by atoms with E-state index < -0.39 is 24.8 Å². The standard InChI is InChI=1S/C8H16N4O3/c1-5(13)12-6(7(14)15)3-2-4-11-8(9)10/h6H,2-4H2,1H3,(H,12,13)(H,14,15)(H4,9,10,11)/t6-/m0/s1/i1D. The molecule has 7 nitrogen and oxygen atoms in total. The summed E-state index contributed by atoms with van der Waals surface area (Å²) < 4.78 is 6.75. The van der Waals surface area contributed by atoms with Crippen molar-refractivity contribution in [2.75, 3.05) is 6.54 Å². The van der Waals surface area contributed by atoms with Gasteiger partial charge in [-0.15, -0.1) is 0 Å². The van der Waals surface area contributed by atoms with Crippen molar-refractivity contribution in [2.24, 2.45) is 5.73 Å². The molecule has 0 fully saturated rings. The van der Waals surface area contributed by atoms with Crippen LogP contribution in [0.3, 0.4) is 0 Å². The second-order valence-electron chi connectivity index (χ2n) is 2.94. The second-order valence-corrected chi connectivity index (χ2v) is 2.94. The van der Waals surface area contributed by atoms with Gasteiger partial charge in [0.15, 0.2) is 5.96 Å². The number of amides is 1. The van der Waals surface area contributed by atoms with Crippen molar-refractivity contribution < 1.29 is 16.1 Å². The third kappa shape index (κ3) is 7.29. The van der Waals surface area contributed by atoms with Crippen LogP contribution in [0.1, 0.15) is 21.1 Å². The molecule has 0 aromatic carbocycles. The summed E-state index contributed by atoms with van der Waals surface area (Å²) in [7, 11) is 0. The predicted octanol–water partition coefficient (Wildman–Crippen LogP) is -1.16. The first kappa shape index (κ1) is 11.3. The van der Waals surface area contributed by atoms with Crippen LogP contribution in [0.2, 0.25) is 0 Å². The number of nitrogens with two attached hydrogens (primary N) is 1. The average Bonchev–Trinajstić information content (AvgIpc) is 2.21. The van der Waals surface area contributed by atoms with Crippen molar-refractivity contribution in [3.8, 4) is 0 Å². The Labute approximate surface area is 88.9 Å².